The molecule has 2 aromatic carbocycles. The monoisotopic (exact) mass is 543 g/mol. The molecule has 2 aliphatic carbocycles. The van der Waals surface area contributed by atoms with Crippen LogP contribution in [-0.4, -0.2) is 49.9 Å². The van der Waals surface area contributed by atoms with E-state index in [1.165, 1.54) is 120 Å². The van der Waals surface area contributed by atoms with Gasteiger partial charge in [0.25, 0.3) is 0 Å². The molecule has 0 spiro atoms. The van der Waals surface area contributed by atoms with Crippen molar-refractivity contribution in [3.63, 3.8) is 0 Å². The third-order valence-corrected chi connectivity index (χ3v) is 12.4. The number of benzene rings is 2. The quantitative estimate of drug-likeness (QED) is 0.351. The summed E-state index contributed by atoms with van der Waals surface area (Å²) in [5.41, 5.74) is 4.95. The minimum atomic E-state index is 0.228. The van der Waals surface area contributed by atoms with Gasteiger partial charge in [-0.1, -0.05) is 49.9 Å². The van der Waals surface area contributed by atoms with Crippen LogP contribution in [0.2, 0.25) is 0 Å². The number of piperidine rings is 1. The Labute approximate surface area is 241 Å². The second-order valence-electron chi connectivity index (χ2n) is 13.5. The van der Waals surface area contributed by atoms with Crippen LogP contribution in [0.15, 0.2) is 53.4 Å². The van der Waals surface area contributed by atoms with E-state index < -0.39 is 0 Å². The first-order valence-electron chi connectivity index (χ1n) is 16.3. The molecule has 210 valence electrons. The molecule has 1 unspecified atom stereocenters. The number of hydrogen-bond acceptors (Lipinski definition) is 4. The van der Waals surface area contributed by atoms with E-state index in [4.69, 9.17) is 0 Å². The van der Waals surface area contributed by atoms with Crippen molar-refractivity contribution in [3.8, 4) is 0 Å². The fourth-order valence-corrected chi connectivity index (χ4v) is 10.2. The van der Waals surface area contributed by atoms with Crippen LogP contribution in [0.1, 0.15) is 75.3 Å². The lowest BCUT2D eigenvalue weighted by Gasteiger charge is -2.53. The minimum absolute atomic E-state index is 0.228. The molecule has 4 heteroatoms. The van der Waals surface area contributed by atoms with E-state index in [0.717, 1.165) is 30.2 Å². The fraction of sp³-hybridized carbons (Fsp3) is 0.657. The topological polar surface area (TPSA) is 18.5 Å². The number of nitrogens with zero attached hydrogens (tertiary/aromatic N) is 2. The van der Waals surface area contributed by atoms with Crippen molar-refractivity contribution in [2.24, 2.45) is 23.7 Å². The lowest BCUT2D eigenvalue weighted by Crippen LogP contribution is -2.59. The first kappa shape index (κ1) is 26.4. The van der Waals surface area contributed by atoms with Crippen molar-refractivity contribution in [2.75, 3.05) is 49.9 Å². The van der Waals surface area contributed by atoms with Crippen LogP contribution in [0.4, 0.5) is 5.69 Å². The Balaban J connectivity index is 0.913. The summed E-state index contributed by atoms with van der Waals surface area (Å²) in [6.45, 7) is 7.48. The van der Waals surface area contributed by atoms with Crippen molar-refractivity contribution >= 4 is 17.4 Å². The summed E-state index contributed by atoms with van der Waals surface area (Å²) < 4.78 is 0. The average Bonchev–Trinajstić information content (AvgIpc) is 3.69. The number of nitrogens with one attached hydrogen (secondary N) is 1. The third-order valence-electron chi connectivity index (χ3n) is 11.1. The summed E-state index contributed by atoms with van der Waals surface area (Å²) in [5.74, 6) is 4.70. The van der Waals surface area contributed by atoms with E-state index in [1.54, 1.807) is 11.1 Å². The van der Waals surface area contributed by atoms with E-state index in [-0.39, 0.29) is 5.54 Å². The van der Waals surface area contributed by atoms with E-state index in [0.29, 0.717) is 0 Å². The number of thioether (sulfide) groups is 1. The number of hydrogen-bond donors (Lipinski definition) is 1. The molecule has 1 atom stereocenters. The Morgan fingerprint density at radius 2 is 1.46 bits per heavy atom. The third kappa shape index (κ3) is 5.43. The van der Waals surface area contributed by atoms with Crippen molar-refractivity contribution < 1.29 is 0 Å². The normalized spacial score (nSPS) is 27.6. The minimum Gasteiger partial charge on any atom is -0.371 e. The molecule has 2 saturated heterocycles. The number of rotatable bonds is 8. The van der Waals surface area contributed by atoms with Gasteiger partial charge in [0.15, 0.2) is 0 Å². The molecule has 5 aliphatic rings. The van der Waals surface area contributed by atoms with Crippen molar-refractivity contribution in [3.05, 3.63) is 59.7 Å². The average molecular weight is 544 g/mol. The molecule has 1 N–H and O–H groups in total. The van der Waals surface area contributed by atoms with Crippen LogP contribution in [0.3, 0.4) is 0 Å². The second kappa shape index (κ2) is 11.8. The van der Waals surface area contributed by atoms with Gasteiger partial charge >= 0.3 is 0 Å². The van der Waals surface area contributed by atoms with E-state index in [9.17, 15) is 0 Å². The molecule has 7 rings (SSSR count). The van der Waals surface area contributed by atoms with Gasteiger partial charge in [0.2, 0.25) is 0 Å². The van der Waals surface area contributed by atoms with Gasteiger partial charge in [-0.3, -0.25) is 0 Å². The summed E-state index contributed by atoms with van der Waals surface area (Å²) in [6.07, 6.45) is 15.4. The zero-order valence-electron chi connectivity index (χ0n) is 24.0. The first-order valence-corrected chi connectivity index (χ1v) is 17.3. The van der Waals surface area contributed by atoms with E-state index in [2.05, 4.69) is 75.4 Å². The Morgan fingerprint density at radius 1 is 0.769 bits per heavy atom. The highest BCUT2D eigenvalue weighted by Crippen LogP contribution is 2.50. The predicted octanol–water partition coefficient (Wildman–Crippen LogP) is 7.35. The molecular weight excluding hydrogens is 494 g/mol. The molecule has 0 amide bonds. The molecule has 3 aliphatic heterocycles. The van der Waals surface area contributed by atoms with Gasteiger partial charge in [-0.05, 0) is 111 Å². The van der Waals surface area contributed by atoms with Crippen molar-refractivity contribution in [1.29, 1.82) is 0 Å². The van der Waals surface area contributed by atoms with E-state index in [1.807, 2.05) is 0 Å². The summed E-state index contributed by atoms with van der Waals surface area (Å²) >= 11 is 2.07. The van der Waals surface area contributed by atoms with Crippen LogP contribution in [0.5, 0.6) is 0 Å². The van der Waals surface area contributed by atoms with E-state index >= 15 is 0 Å². The molecule has 2 aromatic rings. The van der Waals surface area contributed by atoms with Gasteiger partial charge in [0, 0.05) is 54.0 Å². The van der Waals surface area contributed by atoms with Gasteiger partial charge in [0.1, 0.15) is 0 Å². The Morgan fingerprint density at radius 3 is 2.23 bits per heavy atom. The highest BCUT2D eigenvalue weighted by atomic mass is 32.2. The predicted molar refractivity (Wildman–Crippen MR) is 166 cm³/mol. The summed E-state index contributed by atoms with van der Waals surface area (Å²) in [4.78, 5) is 6.86. The maximum atomic E-state index is 4.20. The van der Waals surface area contributed by atoms with Crippen LogP contribution in [-0.2, 0) is 12.0 Å². The number of likely N-dealkylation sites (tertiary alicyclic amines) is 1. The Bertz CT molecular complexity index is 1080. The molecule has 0 aromatic heterocycles. The van der Waals surface area contributed by atoms with Gasteiger partial charge in [-0.25, -0.2) is 0 Å². The highest BCUT2D eigenvalue weighted by Gasteiger charge is 2.50. The molecule has 39 heavy (non-hydrogen) atoms. The standard InChI is InChI=1S/C35H49N3S/c1-2-8-27(7-1)26-39-33-15-13-32(14-16-33)38-24-28(25-38)23-37-21-18-31(19-22-37)35(30-10-4-5-11-30)34-12-6-3-9-29(34)17-20-36-35/h3,6,9,12-16,27-28,30-31,36H,1-2,4-5,7-8,10-11,17-26H2. The second-order valence-corrected chi connectivity index (χ2v) is 14.6. The molecule has 0 radical (unpaired) electrons. The van der Waals surface area contributed by atoms with Crippen LogP contribution < -0.4 is 10.2 Å². The zero-order chi connectivity index (χ0) is 26.1. The van der Waals surface area contributed by atoms with Gasteiger partial charge in [0.05, 0.1) is 0 Å². The van der Waals surface area contributed by atoms with Crippen LogP contribution >= 0.6 is 11.8 Å². The SMILES string of the molecule is c1ccc2c(c1)CCNC2(C1CCCC1)C1CCN(CC2CN(c3ccc(SCC4CCCC4)cc3)C2)CC1. The molecule has 0 bridgehead atoms. The Kier molecular flexibility index (Phi) is 7.98. The molecule has 3 heterocycles. The van der Waals surface area contributed by atoms with Crippen LogP contribution in [0.25, 0.3) is 0 Å². The van der Waals surface area contributed by atoms with Gasteiger partial charge in [-0.2, -0.15) is 0 Å². The number of anilines is 1. The number of fused-ring (bicyclic) bond motifs is 1. The van der Waals surface area contributed by atoms with Crippen molar-refractivity contribution in [1.82, 2.24) is 10.2 Å². The van der Waals surface area contributed by atoms with Gasteiger partial charge in [-0.15, -0.1) is 11.8 Å². The summed E-state index contributed by atoms with van der Waals surface area (Å²) in [7, 11) is 0. The maximum Gasteiger partial charge on any atom is 0.0495 e. The van der Waals surface area contributed by atoms with Gasteiger partial charge < -0.3 is 15.1 Å². The molecule has 2 saturated carbocycles. The molecular formula is C35H49N3S. The summed E-state index contributed by atoms with van der Waals surface area (Å²) in [5, 5.41) is 4.20. The maximum absolute atomic E-state index is 4.20. The smallest absolute Gasteiger partial charge is 0.0495 e. The zero-order valence-corrected chi connectivity index (χ0v) is 24.8. The molecule has 4 fully saturated rings. The lowest BCUT2D eigenvalue weighted by atomic mass is 9.63. The Hall–Kier alpha value is -1.49. The summed E-state index contributed by atoms with van der Waals surface area (Å²) in [6, 6.07) is 18.9. The fourth-order valence-electron chi connectivity index (χ4n) is 9.06. The van der Waals surface area contributed by atoms with Crippen LogP contribution in [0, 0.1) is 23.7 Å². The highest BCUT2D eigenvalue weighted by molar-refractivity contribution is 7.99. The molecule has 3 nitrogen and oxygen atoms in total. The lowest BCUT2D eigenvalue weighted by molar-refractivity contribution is 0.0492. The first-order chi connectivity index (χ1) is 19.3. The van der Waals surface area contributed by atoms with Crippen molar-refractivity contribution in [2.45, 2.75) is 81.1 Å². The largest absolute Gasteiger partial charge is 0.371 e.